The van der Waals surface area contributed by atoms with Gasteiger partial charge < -0.3 is 55.1 Å². The Hall–Kier alpha value is -0.560. The van der Waals surface area contributed by atoms with Crippen molar-refractivity contribution in [2.45, 2.75) is 55.2 Å². The first-order chi connectivity index (χ1) is 19.1. The number of phosphoric acid groups is 2. The van der Waals surface area contributed by atoms with Gasteiger partial charge in [-0.05, 0) is 5.53 Å². The number of rotatable bonds is 10. The minimum absolute atomic E-state index is 0. The molecule has 2 unspecified atom stereocenters. The largest absolute Gasteiger partial charge is 1.00 e. The predicted molar refractivity (Wildman–Crippen MR) is 123 cm³/mol. The van der Waals surface area contributed by atoms with E-state index in [0.29, 0.717) is 0 Å². The van der Waals surface area contributed by atoms with Crippen LogP contribution in [0.2, 0.25) is 0 Å². The number of aromatic amines is 1. The summed E-state index contributed by atoms with van der Waals surface area (Å²) in [4.78, 5) is 48.7. The van der Waals surface area contributed by atoms with Crippen molar-refractivity contribution in [3.8, 4) is 0 Å². The molecular formula is C16H22N8Na2O15P2. The number of nitrogens with one attached hydrogen (secondary N) is 1. The summed E-state index contributed by atoms with van der Waals surface area (Å²) >= 11 is 0. The SMILES string of the molecule is [N-]=[N+]=NC[C@@H]1O[C@H](OP(=O)([O-])OP(=O)([O-])OC[C@H]2O[C@@H](n3cnc4c(=O)[nH]c(N)nc43)[C@H](O)[C@@H]2O)[C@@H](O)[C@H](O)[C@@H]1O.[Na+].[Na+]. The number of phosphoric ester groups is 2. The summed E-state index contributed by atoms with van der Waals surface area (Å²) < 4.78 is 48.5. The Morgan fingerprint density at radius 2 is 1.72 bits per heavy atom. The zero-order chi connectivity index (χ0) is 30.3. The van der Waals surface area contributed by atoms with Gasteiger partial charge in [-0.3, -0.25) is 28.0 Å². The van der Waals surface area contributed by atoms with E-state index in [1.807, 2.05) is 0 Å². The van der Waals surface area contributed by atoms with Crippen molar-refractivity contribution in [2.24, 2.45) is 5.11 Å². The summed E-state index contributed by atoms with van der Waals surface area (Å²) in [6.07, 6.45) is -15.5. The molecule has 0 bridgehead atoms. The van der Waals surface area contributed by atoms with Crippen LogP contribution in [0.3, 0.4) is 0 Å². The molecule has 2 fully saturated rings. The van der Waals surface area contributed by atoms with Gasteiger partial charge in [0.25, 0.3) is 21.2 Å². The number of fused-ring (bicyclic) bond motifs is 1. The number of anilines is 1. The fraction of sp³-hybridized carbons (Fsp3) is 0.688. The van der Waals surface area contributed by atoms with Gasteiger partial charge in [0.2, 0.25) is 5.95 Å². The summed E-state index contributed by atoms with van der Waals surface area (Å²) in [7, 11) is -11.8. The molecule has 2 saturated heterocycles. The van der Waals surface area contributed by atoms with Crippen LogP contribution in [0.4, 0.5) is 5.95 Å². The molecule has 2 aromatic heterocycles. The van der Waals surface area contributed by atoms with Gasteiger partial charge in [-0.2, -0.15) is 4.98 Å². The van der Waals surface area contributed by atoms with E-state index in [1.54, 1.807) is 0 Å². The van der Waals surface area contributed by atoms with Gasteiger partial charge in [0.05, 0.1) is 25.6 Å². The molecule has 4 rings (SSSR count). The van der Waals surface area contributed by atoms with Gasteiger partial charge in [0.1, 0.15) is 36.6 Å². The third-order valence-corrected chi connectivity index (χ3v) is 8.42. The van der Waals surface area contributed by atoms with Gasteiger partial charge in [-0.15, -0.1) is 0 Å². The minimum Gasteiger partial charge on any atom is -0.756 e. The molecule has 4 heterocycles. The molecule has 0 radical (unpaired) electrons. The Labute approximate surface area is 283 Å². The first kappa shape index (κ1) is 38.6. The first-order valence-electron chi connectivity index (χ1n) is 11.2. The van der Waals surface area contributed by atoms with Gasteiger partial charge in [-0.25, -0.2) is 9.29 Å². The fourth-order valence-corrected chi connectivity index (χ4v) is 6.04. The number of ether oxygens (including phenoxy) is 2. The molecule has 2 aliphatic rings. The topological polar surface area (TPSA) is 366 Å². The van der Waals surface area contributed by atoms with Crippen LogP contribution in [0.5, 0.6) is 0 Å². The van der Waals surface area contributed by atoms with Crippen LogP contribution in [-0.4, -0.2) is 107 Å². The molecular weight excluding hydrogens is 652 g/mol. The smallest absolute Gasteiger partial charge is 0.756 e. The quantitative estimate of drug-likeness (QED) is 0.0404. The molecule has 2 aromatic rings. The Balaban J connectivity index is 0.00000323. The summed E-state index contributed by atoms with van der Waals surface area (Å²) in [5.41, 5.74) is 12.9. The first-order valence-corrected chi connectivity index (χ1v) is 14.2. The number of aliphatic hydroxyl groups excluding tert-OH is 5. The molecule has 0 spiro atoms. The summed E-state index contributed by atoms with van der Waals surface area (Å²) in [6, 6.07) is 0. The van der Waals surface area contributed by atoms with E-state index in [0.717, 1.165) is 10.9 Å². The van der Waals surface area contributed by atoms with Crippen molar-refractivity contribution < 1.29 is 126 Å². The van der Waals surface area contributed by atoms with E-state index < -0.39 is 89.6 Å². The summed E-state index contributed by atoms with van der Waals surface area (Å²) in [6.45, 7) is -1.72. The molecule has 0 saturated carbocycles. The van der Waals surface area contributed by atoms with Gasteiger partial charge in [0, 0.05) is 4.91 Å². The zero-order valence-corrected chi connectivity index (χ0v) is 28.0. The molecule has 43 heavy (non-hydrogen) atoms. The monoisotopic (exact) mass is 674 g/mol. The molecule has 23 nitrogen and oxygen atoms in total. The maximum Gasteiger partial charge on any atom is 1.00 e. The van der Waals surface area contributed by atoms with Crippen LogP contribution in [-0.2, 0) is 32.0 Å². The number of nitrogens with two attached hydrogens (primary N) is 1. The molecule has 0 aliphatic carbocycles. The van der Waals surface area contributed by atoms with Gasteiger partial charge >= 0.3 is 59.1 Å². The number of azide groups is 1. The molecule has 0 amide bonds. The van der Waals surface area contributed by atoms with E-state index in [1.165, 1.54) is 0 Å². The molecule has 11 atom stereocenters. The minimum atomic E-state index is -5.95. The predicted octanol–water partition coefficient (Wildman–Crippen LogP) is -10.6. The second-order valence-corrected chi connectivity index (χ2v) is 11.5. The van der Waals surface area contributed by atoms with Crippen molar-refractivity contribution in [2.75, 3.05) is 18.9 Å². The van der Waals surface area contributed by atoms with Crippen molar-refractivity contribution in [1.82, 2.24) is 19.5 Å². The molecule has 8 N–H and O–H groups in total. The Kier molecular flexibility index (Phi) is 13.8. The van der Waals surface area contributed by atoms with Crippen LogP contribution in [0.15, 0.2) is 16.2 Å². The van der Waals surface area contributed by atoms with Crippen LogP contribution in [0, 0.1) is 0 Å². The third-order valence-electron chi connectivity index (χ3n) is 5.89. The van der Waals surface area contributed by atoms with Crippen molar-refractivity contribution in [3.05, 3.63) is 27.1 Å². The number of aliphatic hydroxyl groups is 5. The van der Waals surface area contributed by atoms with E-state index in [9.17, 15) is 49.2 Å². The van der Waals surface area contributed by atoms with E-state index in [2.05, 4.69) is 38.3 Å². The molecule has 0 aromatic carbocycles. The maximum atomic E-state index is 12.2. The fourth-order valence-electron chi connectivity index (χ4n) is 3.95. The van der Waals surface area contributed by atoms with Crippen molar-refractivity contribution in [3.63, 3.8) is 0 Å². The summed E-state index contributed by atoms with van der Waals surface area (Å²) in [5, 5.41) is 53.5. The summed E-state index contributed by atoms with van der Waals surface area (Å²) in [5.74, 6) is -0.297. The molecule has 27 heteroatoms. The molecule has 2 aliphatic heterocycles. The number of nitrogen functional groups attached to an aromatic ring is 1. The van der Waals surface area contributed by atoms with Crippen LogP contribution >= 0.6 is 15.6 Å². The Bertz CT molecular complexity index is 1480. The van der Waals surface area contributed by atoms with Gasteiger partial charge in [-0.1, -0.05) is 5.11 Å². The Morgan fingerprint density at radius 3 is 2.37 bits per heavy atom. The van der Waals surface area contributed by atoms with Crippen molar-refractivity contribution in [1.29, 1.82) is 0 Å². The van der Waals surface area contributed by atoms with Crippen molar-refractivity contribution >= 4 is 32.8 Å². The van der Waals surface area contributed by atoms with Gasteiger partial charge in [0.15, 0.2) is 23.7 Å². The Morgan fingerprint density at radius 1 is 1.07 bits per heavy atom. The normalized spacial score (nSPS) is 33.4. The number of H-pyrrole nitrogens is 1. The third kappa shape index (κ3) is 8.83. The number of imidazole rings is 1. The van der Waals surface area contributed by atoms with E-state index in [-0.39, 0.29) is 76.2 Å². The van der Waals surface area contributed by atoms with E-state index >= 15 is 0 Å². The second kappa shape index (κ2) is 15.4. The number of hydrogen-bond acceptors (Lipinski definition) is 19. The van der Waals surface area contributed by atoms with Crippen LogP contribution in [0.25, 0.3) is 21.6 Å². The zero-order valence-electron chi connectivity index (χ0n) is 22.2. The maximum absolute atomic E-state index is 12.2. The second-order valence-electron chi connectivity index (χ2n) is 8.63. The standard InChI is InChI=1S/C16H24N8O15P2.2Na/c17-16-21-12-6(13(30)22-16)19-3-24(12)14-10(28)8(26)5(36-14)2-35-40(31,32)39-41(33,34)38-15-11(29)9(27)7(25)4(37-15)1-20-23-18;;/h3-5,7-11,14-15,25-29H,1-2H2,(H,31,32)(H,33,34)(H3,17,21,22,30);;/q;2*+1/p-2/t4-,5+,7+,8+,9+,10+,11-,14+,15+;;/m0../s1. The molecule has 228 valence electrons. The number of hydrogen-bond donors (Lipinski definition) is 7. The van der Waals surface area contributed by atoms with Crippen LogP contribution in [0.1, 0.15) is 6.23 Å². The number of aromatic nitrogens is 4. The number of nitrogens with zero attached hydrogens (tertiary/aromatic N) is 6. The average molecular weight is 674 g/mol. The van der Waals surface area contributed by atoms with E-state index in [4.69, 9.17) is 20.7 Å². The average Bonchev–Trinajstić information content (AvgIpc) is 3.42. The van der Waals surface area contributed by atoms with Crippen LogP contribution < -0.4 is 80.2 Å².